The second kappa shape index (κ2) is 6.15. The van der Waals surface area contributed by atoms with Crippen molar-refractivity contribution in [1.29, 1.82) is 0 Å². The first-order chi connectivity index (χ1) is 10.9. The van der Waals surface area contributed by atoms with Gasteiger partial charge in [0.1, 0.15) is 11.3 Å². The number of nitrogens with zero attached hydrogens (tertiary/aromatic N) is 1. The molecule has 1 heterocycles. The first-order valence-corrected chi connectivity index (χ1v) is 8.23. The van der Waals surface area contributed by atoms with Gasteiger partial charge in [-0.15, -0.1) is 0 Å². The van der Waals surface area contributed by atoms with Crippen LogP contribution in [0.25, 0.3) is 16.7 Å². The van der Waals surface area contributed by atoms with E-state index in [1.807, 2.05) is 6.07 Å². The zero-order valence-corrected chi connectivity index (χ0v) is 14.3. The summed E-state index contributed by atoms with van der Waals surface area (Å²) < 4.78 is 6.10. The number of Topliss-reactive ketones (excluding diaryl/α,β-unsaturated/α-hetero) is 1. The molecule has 1 aliphatic rings. The van der Waals surface area contributed by atoms with Crippen molar-refractivity contribution in [2.24, 2.45) is 5.92 Å². The summed E-state index contributed by atoms with van der Waals surface area (Å²) in [6.07, 6.45) is 6.74. The Morgan fingerprint density at radius 1 is 1.35 bits per heavy atom. The van der Waals surface area contributed by atoms with E-state index in [0.29, 0.717) is 24.7 Å². The molecule has 0 amide bonds. The predicted molar refractivity (Wildman–Crippen MR) is 93.3 cm³/mol. The molecule has 3 heteroatoms. The Balaban J connectivity index is 2.03. The van der Waals surface area contributed by atoms with Gasteiger partial charge in [0.05, 0.1) is 0 Å². The molecule has 0 saturated heterocycles. The van der Waals surface area contributed by atoms with Gasteiger partial charge in [-0.25, -0.2) is 4.98 Å². The second-order valence-corrected chi connectivity index (χ2v) is 6.67. The van der Waals surface area contributed by atoms with Gasteiger partial charge in [0.15, 0.2) is 5.58 Å². The minimum atomic E-state index is 0.196. The van der Waals surface area contributed by atoms with Crippen molar-refractivity contribution in [2.75, 3.05) is 0 Å². The van der Waals surface area contributed by atoms with E-state index in [1.165, 1.54) is 5.57 Å². The summed E-state index contributed by atoms with van der Waals surface area (Å²) in [4.78, 5) is 16.0. The average molecular weight is 309 g/mol. The number of rotatable bonds is 4. The Labute approximate surface area is 137 Å². The van der Waals surface area contributed by atoms with Crippen LogP contribution in [0.1, 0.15) is 50.6 Å². The highest BCUT2D eigenvalue weighted by Gasteiger charge is 2.18. The quantitative estimate of drug-likeness (QED) is 0.795. The van der Waals surface area contributed by atoms with Gasteiger partial charge >= 0.3 is 0 Å². The summed E-state index contributed by atoms with van der Waals surface area (Å²) in [5.74, 6) is 1.45. The number of carbonyl (C=O) groups excluding carboxylic acids is 1. The topological polar surface area (TPSA) is 43.1 Å². The van der Waals surface area contributed by atoms with Crippen LogP contribution >= 0.6 is 0 Å². The molecule has 120 valence electrons. The van der Waals surface area contributed by atoms with Gasteiger partial charge in [-0.2, -0.15) is 0 Å². The normalized spacial score (nSPS) is 18.0. The lowest BCUT2D eigenvalue weighted by molar-refractivity contribution is -0.116. The highest BCUT2D eigenvalue weighted by Crippen LogP contribution is 2.33. The lowest BCUT2D eigenvalue weighted by Gasteiger charge is -2.14. The van der Waals surface area contributed by atoms with Crippen LogP contribution in [0.5, 0.6) is 0 Å². The van der Waals surface area contributed by atoms with Crippen LogP contribution in [0.4, 0.5) is 0 Å². The van der Waals surface area contributed by atoms with Crippen molar-refractivity contribution in [3.63, 3.8) is 0 Å². The van der Waals surface area contributed by atoms with E-state index in [0.717, 1.165) is 34.2 Å². The number of aromatic nitrogens is 1. The molecule has 0 aliphatic heterocycles. The SMILES string of the molecule is CC(=O)CCc1cc(C)cc2nc(C3=CCC(C)C=C3C)oc12. The zero-order valence-electron chi connectivity index (χ0n) is 14.3. The maximum absolute atomic E-state index is 11.3. The zero-order chi connectivity index (χ0) is 16.6. The van der Waals surface area contributed by atoms with Crippen LogP contribution in [0.3, 0.4) is 0 Å². The molecule has 1 atom stereocenters. The van der Waals surface area contributed by atoms with E-state index < -0.39 is 0 Å². The summed E-state index contributed by atoms with van der Waals surface area (Å²) in [5.41, 5.74) is 6.23. The fraction of sp³-hybridized carbons (Fsp3) is 0.400. The van der Waals surface area contributed by atoms with Crippen molar-refractivity contribution in [3.05, 3.63) is 46.9 Å². The number of fused-ring (bicyclic) bond motifs is 1. The lowest BCUT2D eigenvalue weighted by Crippen LogP contribution is -1.99. The Morgan fingerprint density at radius 3 is 2.83 bits per heavy atom. The van der Waals surface area contributed by atoms with E-state index in [9.17, 15) is 4.79 Å². The number of benzene rings is 1. The number of oxazole rings is 1. The molecule has 1 aromatic carbocycles. The molecule has 1 aromatic heterocycles. The highest BCUT2D eigenvalue weighted by atomic mass is 16.3. The molecular weight excluding hydrogens is 286 g/mol. The van der Waals surface area contributed by atoms with Crippen molar-refractivity contribution in [3.8, 4) is 0 Å². The maximum atomic E-state index is 11.3. The number of hydrogen-bond acceptors (Lipinski definition) is 3. The lowest BCUT2D eigenvalue weighted by atomic mass is 9.92. The molecule has 0 saturated carbocycles. The van der Waals surface area contributed by atoms with Gasteiger partial charge in [-0.05, 0) is 62.3 Å². The predicted octanol–water partition coefficient (Wildman–Crippen LogP) is 5.03. The molecule has 1 aliphatic carbocycles. The Kier molecular flexibility index (Phi) is 4.20. The molecule has 23 heavy (non-hydrogen) atoms. The molecule has 0 fully saturated rings. The maximum Gasteiger partial charge on any atom is 0.227 e. The number of allylic oxidation sites excluding steroid dienone is 4. The van der Waals surface area contributed by atoms with E-state index >= 15 is 0 Å². The van der Waals surface area contributed by atoms with Crippen LogP contribution in [-0.2, 0) is 11.2 Å². The Hall–Kier alpha value is -2.16. The van der Waals surface area contributed by atoms with Crippen LogP contribution < -0.4 is 0 Å². The summed E-state index contributed by atoms with van der Waals surface area (Å²) in [7, 11) is 0. The number of aryl methyl sites for hydroxylation is 2. The minimum absolute atomic E-state index is 0.196. The van der Waals surface area contributed by atoms with Crippen molar-refractivity contribution in [1.82, 2.24) is 4.98 Å². The van der Waals surface area contributed by atoms with E-state index in [-0.39, 0.29) is 5.78 Å². The molecule has 3 nitrogen and oxygen atoms in total. The van der Waals surface area contributed by atoms with Gasteiger partial charge in [0, 0.05) is 12.0 Å². The number of hydrogen-bond donors (Lipinski definition) is 0. The van der Waals surface area contributed by atoms with Gasteiger partial charge in [0.2, 0.25) is 5.89 Å². The molecule has 2 aromatic rings. The first kappa shape index (κ1) is 15.7. The van der Waals surface area contributed by atoms with E-state index in [2.05, 4.69) is 39.0 Å². The molecule has 0 N–H and O–H groups in total. The molecular formula is C20H23NO2. The van der Waals surface area contributed by atoms with Crippen molar-refractivity contribution < 1.29 is 9.21 Å². The summed E-state index contributed by atoms with van der Waals surface area (Å²) >= 11 is 0. The molecule has 0 bridgehead atoms. The monoisotopic (exact) mass is 309 g/mol. The van der Waals surface area contributed by atoms with E-state index in [1.54, 1.807) is 6.92 Å². The Bertz CT molecular complexity index is 824. The first-order valence-electron chi connectivity index (χ1n) is 8.23. The standard InChI is InChI=1S/C20H23NO2/c1-12-5-8-17(14(3)9-12)20-21-18-11-13(2)10-16(19(18)23-20)7-6-15(4)22/h8-12H,5-7H2,1-4H3. The van der Waals surface area contributed by atoms with Crippen LogP contribution in [-0.4, -0.2) is 10.8 Å². The van der Waals surface area contributed by atoms with E-state index in [4.69, 9.17) is 9.40 Å². The largest absolute Gasteiger partial charge is 0.436 e. The summed E-state index contributed by atoms with van der Waals surface area (Å²) in [6, 6.07) is 4.14. The van der Waals surface area contributed by atoms with Crippen molar-refractivity contribution >= 4 is 22.5 Å². The fourth-order valence-electron chi connectivity index (χ4n) is 3.17. The molecule has 3 rings (SSSR count). The average Bonchev–Trinajstić information content (AvgIpc) is 2.87. The van der Waals surface area contributed by atoms with Crippen LogP contribution in [0.15, 0.2) is 34.3 Å². The van der Waals surface area contributed by atoms with Gasteiger partial charge in [0.25, 0.3) is 0 Å². The van der Waals surface area contributed by atoms with Crippen LogP contribution in [0, 0.1) is 12.8 Å². The minimum Gasteiger partial charge on any atom is -0.436 e. The third-order valence-corrected chi connectivity index (χ3v) is 4.34. The molecule has 0 radical (unpaired) electrons. The third kappa shape index (κ3) is 3.29. The van der Waals surface area contributed by atoms with Gasteiger partial charge in [-0.1, -0.05) is 25.1 Å². The number of ketones is 1. The number of carbonyl (C=O) groups is 1. The highest BCUT2D eigenvalue weighted by molar-refractivity contribution is 5.84. The van der Waals surface area contributed by atoms with Gasteiger partial charge < -0.3 is 9.21 Å². The Morgan fingerprint density at radius 2 is 2.13 bits per heavy atom. The van der Waals surface area contributed by atoms with Crippen molar-refractivity contribution in [2.45, 2.75) is 47.0 Å². The molecule has 1 unspecified atom stereocenters. The smallest absolute Gasteiger partial charge is 0.227 e. The summed E-state index contributed by atoms with van der Waals surface area (Å²) in [5, 5.41) is 0. The fourth-order valence-corrected chi connectivity index (χ4v) is 3.17. The molecule has 0 spiro atoms. The third-order valence-electron chi connectivity index (χ3n) is 4.34. The summed E-state index contributed by atoms with van der Waals surface area (Å²) in [6.45, 7) is 8.00. The van der Waals surface area contributed by atoms with Gasteiger partial charge in [-0.3, -0.25) is 0 Å². The second-order valence-electron chi connectivity index (χ2n) is 6.67. The van der Waals surface area contributed by atoms with Crippen LogP contribution in [0.2, 0.25) is 0 Å².